The van der Waals surface area contributed by atoms with Gasteiger partial charge in [0.2, 0.25) is 0 Å². The minimum Gasteiger partial charge on any atom is -0.744 e. The van der Waals surface area contributed by atoms with Crippen LogP contribution in [0.15, 0.2) is 35.2 Å². The normalized spacial score (nSPS) is 11.1. The van der Waals surface area contributed by atoms with E-state index in [1.165, 1.54) is 24.3 Å². The molecule has 2 aromatic rings. The fourth-order valence-electron chi connectivity index (χ4n) is 1.39. The summed E-state index contributed by atoms with van der Waals surface area (Å²) in [6, 6.07) is 9.39. The fourth-order valence-corrected chi connectivity index (χ4v) is 2.05. The summed E-state index contributed by atoms with van der Waals surface area (Å²) in [6.07, 6.45) is 0. The zero-order valence-corrected chi connectivity index (χ0v) is 11.3. The van der Waals surface area contributed by atoms with Gasteiger partial charge in [-0.1, -0.05) is 12.1 Å². The predicted molar refractivity (Wildman–Crippen MR) is 52.4 cm³/mol. The Hall–Kier alpha value is -0.590. The van der Waals surface area contributed by atoms with E-state index in [4.69, 9.17) is 0 Å². The van der Waals surface area contributed by atoms with Gasteiger partial charge in [0.05, 0.1) is 4.90 Å². The maximum atomic E-state index is 10.9. The summed E-state index contributed by atoms with van der Waals surface area (Å²) in [5.74, 6) is 0.0166. The van der Waals surface area contributed by atoms with E-state index < -0.39 is 10.1 Å². The summed E-state index contributed by atoms with van der Waals surface area (Å²) >= 11 is 0. The first-order chi connectivity index (χ1) is 6.98. The van der Waals surface area contributed by atoms with Crippen LogP contribution < -0.4 is 29.6 Å². The molecule has 16 heavy (non-hydrogen) atoms. The van der Waals surface area contributed by atoms with Crippen LogP contribution in [-0.2, 0) is 10.1 Å². The molecule has 77 valence electrons. The summed E-state index contributed by atoms with van der Waals surface area (Å²) in [7, 11) is -4.53. The van der Waals surface area contributed by atoms with Crippen molar-refractivity contribution in [2.45, 2.75) is 4.90 Å². The molecule has 0 spiro atoms. The molecule has 4 nitrogen and oxygen atoms in total. The van der Waals surface area contributed by atoms with Gasteiger partial charge in [0.1, 0.15) is 15.9 Å². The molecule has 0 saturated heterocycles. The Kier molecular flexibility index (Phi) is 3.98. The number of fused-ring (bicyclic) bond motifs is 1. The van der Waals surface area contributed by atoms with Gasteiger partial charge in [-0.15, -0.1) is 0 Å². The summed E-state index contributed by atoms with van der Waals surface area (Å²) in [6.45, 7) is 0. The third-order valence-corrected chi connectivity index (χ3v) is 2.84. The Morgan fingerprint density at radius 3 is 2.56 bits per heavy atom. The first-order valence-electron chi connectivity index (χ1n) is 4.08. The molecule has 0 unspecified atom stereocenters. The second-order valence-corrected chi connectivity index (χ2v) is 4.35. The Balaban J connectivity index is 0.00000128. The topological polar surface area (TPSA) is 77.4 Å². The van der Waals surface area contributed by atoms with E-state index in [1.807, 2.05) is 0 Å². The van der Waals surface area contributed by atoms with Gasteiger partial charge in [-0.05, 0) is 23.6 Å². The second-order valence-electron chi connectivity index (χ2n) is 3.03. The van der Waals surface area contributed by atoms with Crippen molar-refractivity contribution < 1.29 is 47.6 Å². The number of hydrogen-bond acceptors (Lipinski definition) is 4. The number of phenols is 1. The summed E-state index contributed by atoms with van der Waals surface area (Å²) in [5, 5.41) is 9.94. The van der Waals surface area contributed by atoms with Crippen molar-refractivity contribution in [3.63, 3.8) is 0 Å². The molecule has 0 aliphatic rings. The summed E-state index contributed by atoms with van der Waals surface area (Å²) in [5.41, 5.74) is 0. The van der Waals surface area contributed by atoms with Gasteiger partial charge >= 0.3 is 29.6 Å². The number of phenolic OH excluding ortho intramolecular Hbond substituents is 1. The van der Waals surface area contributed by atoms with Gasteiger partial charge in [-0.3, -0.25) is 0 Å². The van der Waals surface area contributed by atoms with Crippen molar-refractivity contribution in [3.8, 4) is 5.75 Å². The molecule has 2 rings (SSSR count). The van der Waals surface area contributed by atoms with E-state index in [0.717, 1.165) is 0 Å². The van der Waals surface area contributed by atoms with Crippen molar-refractivity contribution in [3.05, 3.63) is 36.4 Å². The average Bonchev–Trinajstić information content (AvgIpc) is 2.15. The molecule has 0 amide bonds. The van der Waals surface area contributed by atoms with Crippen LogP contribution in [0.4, 0.5) is 0 Å². The van der Waals surface area contributed by atoms with Crippen LogP contribution in [0.1, 0.15) is 0 Å². The van der Waals surface area contributed by atoms with Gasteiger partial charge < -0.3 is 9.66 Å². The fraction of sp³-hybridized carbons (Fsp3) is 0. The molecule has 0 aliphatic carbocycles. The van der Waals surface area contributed by atoms with Crippen LogP contribution in [0, 0.1) is 6.07 Å². The molecule has 2 aromatic carbocycles. The predicted octanol–water partition coefficient (Wildman–Crippen LogP) is -1.75. The largest absolute Gasteiger partial charge is 1.00 e. The third-order valence-electron chi connectivity index (χ3n) is 2.01. The quantitative estimate of drug-likeness (QED) is 0.477. The molecule has 1 radical (unpaired) electrons. The smallest absolute Gasteiger partial charge is 0.744 e. The van der Waals surface area contributed by atoms with Crippen LogP contribution in [0.5, 0.6) is 5.75 Å². The SMILES string of the molecule is O=S(=O)([O-])c1[c]ccc2cc(O)ccc12.[Na+]. The zero-order valence-electron chi connectivity index (χ0n) is 8.47. The Bertz CT molecular complexity index is 622. The maximum absolute atomic E-state index is 10.9. The van der Waals surface area contributed by atoms with Gasteiger partial charge in [-0.2, -0.15) is 0 Å². The molecule has 0 bridgehead atoms. The van der Waals surface area contributed by atoms with E-state index in [1.54, 1.807) is 6.07 Å². The molecule has 6 heteroatoms. The molecular formula is C10H6NaO4S. The van der Waals surface area contributed by atoms with Crippen LogP contribution in [0.3, 0.4) is 0 Å². The third kappa shape index (κ3) is 2.56. The number of aromatic hydroxyl groups is 1. The minimum atomic E-state index is -4.53. The molecule has 0 atom stereocenters. The first-order valence-corrected chi connectivity index (χ1v) is 5.48. The van der Waals surface area contributed by atoms with E-state index >= 15 is 0 Å². The van der Waals surface area contributed by atoms with E-state index in [0.29, 0.717) is 5.39 Å². The van der Waals surface area contributed by atoms with Gasteiger partial charge in [-0.25, -0.2) is 8.42 Å². The molecule has 0 heterocycles. The van der Waals surface area contributed by atoms with Crippen LogP contribution >= 0.6 is 0 Å². The number of benzene rings is 2. The van der Waals surface area contributed by atoms with E-state index in [2.05, 4.69) is 6.07 Å². The number of hydrogen-bond donors (Lipinski definition) is 1. The zero-order chi connectivity index (χ0) is 11.1. The van der Waals surface area contributed by atoms with Crippen LogP contribution in [0.2, 0.25) is 0 Å². The molecule has 0 aliphatic heterocycles. The van der Waals surface area contributed by atoms with Crippen molar-refractivity contribution in [2.24, 2.45) is 0 Å². The molecule has 1 N–H and O–H groups in total. The standard InChI is InChI=1S/C10H7O4S.Na/c11-8-4-5-9-7(6-8)2-1-3-10(9)15(12,13)14;/h1-2,4-6,11H,(H,12,13,14);/q;+1/p-1. The van der Waals surface area contributed by atoms with Crippen molar-refractivity contribution in [1.29, 1.82) is 0 Å². The summed E-state index contributed by atoms with van der Waals surface area (Å²) in [4.78, 5) is -0.389. The van der Waals surface area contributed by atoms with Gasteiger partial charge in [0, 0.05) is 11.5 Å². The Morgan fingerprint density at radius 2 is 1.94 bits per heavy atom. The monoisotopic (exact) mass is 245 g/mol. The van der Waals surface area contributed by atoms with E-state index in [-0.39, 0.29) is 45.6 Å². The molecule has 0 fully saturated rings. The maximum Gasteiger partial charge on any atom is 1.00 e. The van der Waals surface area contributed by atoms with Gasteiger partial charge in [0.15, 0.2) is 0 Å². The van der Waals surface area contributed by atoms with Crippen LogP contribution in [-0.4, -0.2) is 18.1 Å². The average molecular weight is 245 g/mol. The van der Waals surface area contributed by atoms with Gasteiger partial charge in [0.25, 0.3) is 0 Å². The van der Waals surface area contributed by atoms with Crippen molar-refractivity contribution in [2.75, 3.05) is 0 Å². The van der Waals surface area contributed by atoms with E-state index in [9.17, 15) is 18.1 Å². The minimum absolute atomic E-state index is 0. The Morgan fingerprint density at radius 1 is 1.25 bits per heavy atom. The molecule has 0 aromatic heterocycles. The molecule has 0 saturated carbocycles. The number of rotatable bonds is 1. The Labute approximate surface area is 115 Å². The van der Waals surface area contributed by atoms with Crippen molar-refractivity contribution in [1.82, 2.24) is 0 Å². The second kappa shape index (κ2) is 4.73. The summed E-state index contributed by atoms with van der Waals surface area (Å²) < 4.78 is 32.6. The first kappa shape index (κ1) is 13.5. The molecular weight excluding hydrogens is 239 g/mol. The van der Waals surface area contributed by atoms with Crippen LogP contribution in [0.25, 0.3) is 10.8 Å². The van der Waals surface area contributed by atoms with Crippen molar-refractivity contribution >= 4 is 20.9 Å².